The minimum atomic E-state index is -0.359. The van der Waals surface area contributed by atoms with Crippen molar-refractivity contribution in [1.29, 1.82) is 0 Å². The molecular weight excluding hydrogens is 528 g/mol. The molecule has 6 N–H and O–H groups in total. The van der Waals surface area contributed by atoms with Gasteiger partial charge in [0.25, 0.3) is 6.47 Å². The van der Waals surface area contributed by atoms with Crippen molar-refractivity contribution in [3.05, 3.63) is 65.6 Å². The number of aryl methyl sites for hydroxylation is 2. The van der Waals surface area contributed by atoms with Gasteiger partial charge in [0, 0.05) is 36.1 Å². The number of carboxylic acid groups (broad SMARTS) is 1. The second kappa shape index (κ2) is 12.7. The summed E-state index contributed by atoms with van der Waals surface area (Å²) >= 11 is 0. The third kappa shape index (κ3) is 6.23. The lowest BCUT2D eigenvalue weighted by atomic mass is 9.87. The number of anilines is 1. The number of pyridine rings is 1. The van der Waals surface area contributed by atoms with Crippen LogP contribution in [0.3, 0.4) is 0 Å². The van der Waals surface area contributed by atoms with Crippen LogP contribution in [0.4, 0.5) is 11.4 Å². The van der Waals surface area contributed by atoms with Crippen LogP contribution in [0.2, 0.25) is 0 Å². The maximum atomic E-state index is 9.98. The van der Waals surface area contributed by atoms with E-state index in [9.17, 15) is 10.2 Å². The van der Waals surface area contributed by atoms with E-state index in [1.807, 2.05) is 32.2 Å². The Morgan fingerprint density at radius 1 is 1.29 bits per heavy atom. The summed E-state index contributed by atoms with van der Waals surface area (Å²) in [5.74, 6) is 1.03. The molecule has 0 spiro atoms. The van der Waals surface area contributed by atoms with Gasteiger partial charge in [0.15, 0.2) is 0 Å². The van der Waals surface area contributed by atoms with Crippen LogP contribution >= 0.6 is 0 Å². The molecule has 12 nitrogen and oxygen atoms in total. The van der Waals surface area contributed by atoms with Crippen molar-refractivity contribution in [2.24, 2.45) is 16.1 Å². The van der Waals surface area contributed by atoms with Gasteiger partial charge in [0.2, 0.25) is 5.88 Å². The number of hydrogen-bond acceptors (Lipinski definition) is 9. The first-order chi connectivity index (χ1) is 19.8. The summed E-state index contributed by atoms with van der Waals surface area (Å²) in [5.41, 5.74) is 12.9. The predicted octanol–water partition coefficient (Wildman–Crippen LogP) is 3.14. The van der Waals surface area contributed by atoms with Gasteiger partial charge in [-0.2, -0.15) is 5.10 Å². The molecule has 41 heavy (non-hydrogen) atoms. The second-order valence-electron chi connectivity index (χ2n) is 9.81. The Balaban J connectivity index is 0.00000124. The molecule has 3 aromatic heterocycles. The fraction of sp³-hybridized carbons (Fsp3) is 0.310. The van der Waals surface area contributed by atoms with Crippen LogP contribution in [-0.2, 0) is 16.0 Å². The summed E-state index contributed by atoms with van der Waals surface area (Å²) in [6.07, 6.45) is 6.11. The molecule has 5 rings (SSSR count). The summed E-state index contributed by atoms with van der Waals surface area (Å²) in [7, 11) is 1.59. The highest BCUT2D eigenvalue weighted by Crippen LogP contribution is 2.34. The highest BCUT2D eigenvalue weighted by Gasteiger charge is 2.38. The molecule has 0 amide bonds. The maximum absolute atomic E-state index is 9.98. The van der Waals surface area contributed by atoms with Crippen LogP contribution in [0, 0.1) is 12.3 Å². The average molecular weight is 563 g/mol. The topological polar surface area (TPSA) is 177 Å². The summed E-state index contributed by atoms with van der Waals surface area (Å²) < 4.78 is 12.4. The molecule has 4 heterocycles. The number of nitrogens with two attached hydrogens (primary N) is 1. The molecule has 0 atom stereocenters. The molecule has 4 aromatic rings. The van der Waals surface area contributed by atoms with Gasteiger partial charge in [-0.1, -0.05) is 6.92 Å². The largest absolute Gasteiger partial charge is 0.508 e. The molecular formula is C29H34N6O6. The van der Waals surface area contributed by atoms with Crippen molar-refractivity contribution >= 4 is 29.2 Å². The average Bonchev–Trinajstić information content (AvgIpc) is 3.38. The number of nitrogens with zero attached hydrogens (tertiary/aromatic N) is 4. The Bertz CT molecular complexity index is 1560. The van der Waals surface area contributed by atoms with Gasteiger partial charge in [0.1, 0.15) is 11.6 Å². The molecule has 0 aliphatic carbocycles. The van der Waals surface area contributed by atoms with Crippen LogP contribution in [0.25, 0.3) is 16.6 Å². The normalized spacial score (nSPS) is 14.1. The van der Waals surface area contributed by atoms with E-state index < -0.39 is 0 Å². The summed E-state index contributed by atoms with van der Waals surface area (Å²) in [6, 6.07) is 8.96. The zero-order valence-electron chi connectivity index (χ0n) is 23.2. The number of methoxy groups -OCH3 is 1. The van der Waals surface area contributed by atoms with Crippen molar-refractivity contribution in [2.45, 2.75) is 20.3 Å². The van der Waals surface area contributed by atoms with Gasteiger partial charge < -0.3 is 35.8 Å². The minimum Gasteiger partial charge on any atom is -0.508 e. The number of amidine groups is 1. The summed E-state index contributed by atoms with van der Waals surface area (Å²) in [4.78, 5) is 17.4. The fourth-order valence-corrected chi connectivity index (χ4v) is 4.60. The first kappa shape index (κ1) is 29.3. The van der Waals surface area contributed by atoms with Crippen LogP contribution in [0.5, 0.6) is 11.6 Å². The third-order valence-corrected chi connectivity index (χ3v) is 7.00. The number of hydrogen-bond donors (Lipinski definition) is 5. The maximum Gasteiger partial charge on any atom is 0.290 e. The number of aromatic hydroxyl groups is 1. The van der Waals surface area contributed by atoms with Crippen molar-refractivity contribution in [1.82, 2.24) is 14.6 Å². The lowest BCUT2D eigenvalue weighted by Gasteiger charge is -2.40. The van der Waals surface area contributed by atoms with E-state index in [4.69, 9.17) is 30.1 Å². The SMILES string of the molecule is CCc1cc(O)ccc1N=C(N)c1cnn2cc(-c3cnc(OC)cc3C)cc2c1NCC1(CO)COC1.O=CO. The van der Waals surface area contributed by atoms with Crippen molar-refractivity contribution < 1.29 is 29.6 Å². The predicted molar refractivity (Wildman–Crippen MR) is 155 cm³/mol. The van der Waals surface area contributed by atoms with Gasteiger partial charge in [0.05, 0.1) is 61.0 Å². The Morgan fingerprint density at radius 3 is 2.66 bits per heavy atom. The molecule has 0 saturated carbocycles. The molecule has 0 radical (unpaired) electrons. The fourth-order valence-electron chi connectivity index (χ4n) is 4.60. The van der Waals surface area contributed by atoms with Gasteiger partial charge in [-0.15, -0.1) is 0 Å². The second-order valence-corrected chi connectivity index (χ2v) is 9.81. The molecule has 1 aliphatic rings. The van der Waals surface area contributed by atoms with E-state index in [2.05, 4.69) is 15.4 Å². The van der Waals surface area contributed by atoms with Crippen molar-refractivity contribution in [3.63, 3.8) is 0 Å². The molecule has 0 unspecified atom stereocenters. The number of benzene rings is 1. The zero-order valence-corrected chi connectivity index (χ0v) is 23.2. The van der Waals surface area contributed by atoms with E-state index in [0.29, 0.717) is 43.3 Å². The number of aliphatic hydroxyl groups excluding tert-OH is 1. The highest BCUT2D eigenvalue weighted by molar-refractivity contribution is 6.06. The summed E-state index contributed by atoms with van der Waals surface area (Å²) in [5, 5.41) is 34.9. The summed E-state index contributed by atoms with van der Waals surface area (Å²) in [6.45, 7) is 5.22. The van der Waals surface area contributed by atoms with Gasteiger partial charge in [-0.25, -0.2) is 14.5 Å². The van der Waals surface area contributed by atoms with Crippen molar-refractivity contribution in [3.8, 4) is 22.8 Å². The number of aromatic nitrogens is 3. The first-order valence-corrected chi connectivity index (χ1v) is 13.0. The number of fused-ring (bicyclic) bond motifs is 1. The Morgan fingerprint density at radius 2 is 2.05 bits per heavy atom. The lowest BCUT2D eigenvalue weighted by Crippen LogP contribution is -2.50. The van der Waals surface area contributed by atoms with Crippen molar-refractivity contribution in [2.75, 3.05) is 38.8 Å². The molecule has 1 aliphatic heterocycles. The van der Waals surface area contributed by atoms with Crippen LogP contribution < -0.4 is 15.8 Å². The molecule has 1 saturated heterocycles. The van der Waals surface area contributed by atoms with Crippen LogP contribution in [0.15, 0.2) is 53.9 Å². The monoisotopic (exact) mass is 562 g/mol. The Kier molecular flexibility index (Phi) is 9.05. The lowest BCUT2D eigenvalue weighted by molar-refractivity contribution is -0.128. The van der Waals surface area contributed by atoms with E-state index in [1.54, 1.807) is 42.2 Å². The number of nitrogens with one attached hydrogen (secondary N) is 1. The molecule has 216 valence electrons. The van der Waals surface area contributed by atoms with E-state index >= 15 is 0 Å². The van der Waals surface area contributed by atoms with E-state index in [1.165, 1.54) is 0 Å². The molecule has 0 bridgehead atoms. The number of aliphatic hydroxyl groups is 1. The number of rotatable bonds is 9. The molecule has 1 aromatic carbocycles. The van der Waals surface area contributed by atoms with Gasteiger partial charge in [-0.05, 0) is 48.7 Å². The number of aliphatic imine (C=N–C) groups is 1. The third-order valence-electron chi connectivity index (χ3n) is 7.00. The molecule has 12 heteroatoms. The van der Waals surface area contributed by atoms with E-state index in [0.717, 1.165) is 33.5 Å². The quantitative estimate of drug-likeness (QED) is 0.116. The number of carbonyl (C=O) groups is 1. The molecule has 1 fully saturated rings. The Labute approximate surface area is 237 Å². The van der Waals surface area contributed by atoms with Gasteiger partial charge in [-0.3, -0.25) is 4.79 Å². The van der Waals surface area contributed by atoms with Crippen LogP contribution in [0.1, 0.15) is 23.6 Å². The standard InChI is InChI=1S/C28H32N6O4.CH2O2/c1-4-18-8-20(36)5-6-23(18)33-27(29)22-11-32-34-12-19(21-10-30-25(37-3)7-17(21)2)9-24(34)26(22)31-13-28(14-35)15-38-16-28;2-1-3/h5-12,31,35-36H,4,13-16H2,1-3H3,(H2,29,33);1H,(H,2,3). The first-order valence-electron chi connectivity index (χ1n) is 13.0. The highest BCUT2D eigenvalue weighted by atomic mass is 16.5. The number of ether oxygens (including phenoxy) is 2. The number of phenols is 1. The minimum absolute atomic E-state index is 0.0105. The number of phenolic OH excluding ortho intramolecular Hbond substituents is 1. The zero-order chi connectivity index (χ0) is 29.6. The van der Waals surface area contributed by atoms with Gasteiger partial charge >= 0.3 is 0 Å². The van der Waals surface area contributed by atoms with Crippen LogP contribution in [-0.4, -0.2) is 75.7 Å². The smallest absolute Gasteiger partial charge is 0.290 e. The Hall–Kier alpha value is -4.68. The van der Waals surface area contributed by atoms with E-state index in [-0.39, 0.29) is 30.1 Å².